The molecule has 3 rings (SSSR count). The Bertz CT molecular complexity index is 835. The van der Waals surface area contributed by atoms with E-state index in [-0.39, 0.29) is 5.69 Å². The fourth-order valence-corrected chi connectivity index (χ4v) is 2.52. The number of carbonyl (C=O) groups excluding carboxylic acids is 1. The van der Waals surface area contributed by atoms with E-state index >= 15 is 0 Å². The molecule has 2 aromatic carbocycles. The van der Waals surface area contributed by atoms with Crippen molar-refractivity contribution in [2.75, 3.05) is 6.61 Å². The third-order valence-electron chi connectivity index (χ3n) is 3.14. The molecule has 3 aromatic rings. The molecule has 0 atom stereocenters. The van der Waals surface area contributed by atoms with E-state index in [1.807, 2.05) is 48.5 Å². The topological polar surface area (TPSA) is 52.1 Å². The van der Waals surface area contributed by atoms with Crippen LogP contribution in [-0.4, -0.2) is 22.5 Å². The molecule has 0 fully saturated rings. The zero-order valence-corrected chi connectivity index (χ0v) is 13.5. The summed E-state index contributed by atoms with van der Waals surface area (Å²) in [6, 6.07) is 15.1. The fraction of sp³-hybridized carbons (Fsp3) is 0.118. The highest BCUT2D eigenvalue weighted by Crippen LogP contribution is 2.25. The molecule has 1 heterocycles. The van der Waals surface area contributed by atoms with Gasteiger partial charge in [0.1, 0.15) is 5.69 Å². The molecule has 0 saturated heterocycles. The van der Waals surface area contributed by atoms with Crippen molar-refractivity contribution in [3.8, 4) is 11.3 Å². The van der Waals surface area contributed by atoms with Gasteiger partial charge < -0.3 is 4.74 Å². The Kier molecular flexibility index (Phi) is 4.15. The van der Waals surface area contributed by atoms with Crippen LogP contribution < -0.4 is 0 Å². The van der Waals surface area contributed by atoms with E-state index in [0.717, 1.165) is 15.6 Å². The second kappa shape index (κ2) is 6.23. The SMILES string of the molecule is CCOC(=O)c1nc2cc(Br)ccc2nc1-c1ccccc1. The molecule has 0 aliphatic heterocycles. The number of nitrogens with zero attached hydrogens (tertiary/aromatic N) is 2. The van der Waals surface area contributed by atoms with Crippen LogP contribution in [-0.2, 0) is 4.74 Å². The van der Waals surface area contributed by atoms with Crippen LogP contribution in [0.4, 0.5) is 0 Å². The van der Waals surface area contributed by atoms with Crippen LogP contribution in [0.2, 0.25) is 0 Å². The number of halogens is 1. The molecule has 1 aromatic heterocycles. The van der Waals surface area contributed by atoms with Crippen LogP contribution in [0.15, 0.2) is 53.0 Å². The van der Waals surface area contributed by atoms with Gasteiger partial charge in [-0.15, -0.1) is 0 Å². The number of hydrogen-bond donors (Lipinski definition) is 0. The highest BCUT2D eigenvalue weighted by molar-refractivity contribution is 9.10. The minimum Gasteiger partial charge on any atom is -0.461 e. The van der Waals surface area contributed by atoms with E-state index in [1.165, 1.54) is 0 Å². The monoisotopic (exact) mass is 356 g/mol. The van der Waals surface area contributed by atoms with Gasteiger partial charge in [-0.05, 0) is 25.1 Å². The van der Waals surface area contributed by atoms with Crippen LogP contribution in [0.25, 0.3) is 22.3 Å². The van der Waals surface area contributed by atoms with Crippen molar-refractivity contribution < 1.29 is 9.53 Å². The van der Waals surface area contributed by atoms with E-state index < -0.39 is 5.97 Å². The number of carbonyl (C=O) groups is 1. The van der Waals surface area contributed by atoms with Gasteiger partial charge in [0.05, 0.1) is 17.6 Å². The van der Waals surface area contributed by atoms with Crippen LogP contribution in [0.1, 0.15) is 17.4 Å². The molecular formula is C17H13BrN2O2. The minimum atomic E-state index is -0.462. The van der Waals surface area contributed by atoms with E-state index in [4.69, 9.17) is 4.74 Å². The maximum Gasteiger partial charge on any atom is 0.359 e. The van der Waals surface area contributed by atoms with Crippen molar-refractivity contribution in [2.24, 2.45) is 0 Å². The number of rotatable bonds is 3. The fourth-order valence-electron chi connectivity index (χ4n) is 2.17. The van der Waals surface area contributed by atoms with Crippen LogP contribution in [0, 0.1) is 0 Å². The molecule has 4 nitrogen and oxygen atoms in total. The molecule has 0 saturated carbocycles. The Balaban J connectivity index is 2.25. The van der Waals surface area contributed by atoms with Crippen molar-refractivity contribution in [3.63, 3.8) is 0 Å². The maximum atomic E-state index is 12.2. The molecule has 0 aliphatic carbocycles. The first-order valence-corrected chi connectivity index (χ1v) is 7.68. The summed E-state index contributed by atoms with van der Waals surface area (Å²) in [5.74, 6) is -0.462. The van der Waals surface area contributed by atoms with Gasteiger partial charge in [-0.2, -0.15) is 0 Å². The quantitative estimate of drug-likeness (QED) is 0.658. The molecule has 0 N–H and O–H groups in total. The molecule has 0 amide bonds. The summed E-state index contributed by atoms with van der Waals surface area (Å²) >= 11 is 3.40. The summed E-state index contributed by atoms with van der Waals surface area (Å²) in [6.07, 6.45) is 0. The molecule has 0 radical (unpaired) electrons. The Morgan fingerprint density at radius 3 is 2.59 bits per heavy atom. The number of ether oxygens (including phenoxy) is 1. The van der Waals surface area contributed by atoms with Crippen molar-refractivity contribution >= 4 is 32.9 Å². The average molecular weight is 357 g/mol. The normalized spacial score (nSPS) is 10.6. The zero-order chi connectivity index (χ0) is 15.5. The van der Waals surface area contributed by atoms with Gasteiger partial charge in [0, 0.05) is 10.0 Å². The lowest BCUT2D eigenvalue weighted by Gasteiger charge is -2.09. The summed E-state index contributed by atoms with van der Waals surface area (Å²) in [4.78, 5) is 21.3. The molecule has 0 unspecified atom stereocenters. The van der Waals surface area contributed by atoms with E-state index in [9.17, 15) is 4.79 Å². The smallest absolute Gasteiger partial charge is 0.359 e. The zero-order valence-electron chi connectivity index (χ0n) is 11.9. The molecule has 22 heavy (non-hydrogen) atoms. The average Bonchev–Trinajstić information content (AvgIpc) is 2.54. The highest BCUT2D eigenvalue weighted by Gasteiger charge is 2.18. The van der Waals surface area contributed by atoms with Gasteiger partial charge in [-0.3, -0.25) is 0 Å². The van der Waals surface area contributed by atoms with Crippen molar-refractivity contribution in [1.82, 2.24) is 9.97 Å². The Morgan fingerprint density at radius 2 is 1.86 bits per heavy atom. The number of fused-ring (bicyclic) bond motifs is 1. The molecule has 110 valence electrons. The van der Waals surface area contributed by atoms with Crippen LogP contribution in [0.5, 0.6) is 0 Å². The lowest BCUT2D eigenvalue weighted by Crippen LogP contribution is -2.10. The predicted molar refractivity (Wildman–Crippen MR) is 88.6 cm³/mol. The maximum absolute atomic E-state index is 12.2. The third-order valence-corrected chi connectivity index (χ3v) is 3.64. The third kappa shape index (κ3) is 2.85. The number of hydrogen-bond acceptors (Lipinski definition) is 4. The number of esters is 1. The number of benzene rings is 2. The first kappa shape index (κ1) is 14.7. The van der Waals surface area contributed by atoms with E-state index in [2.05, 4.69) is 25.9 Å². The minimum absolute atomic E-state index is 0.235. The van der Waals surface area contributed by atoms with Gasteiger partial charge in [-0.25, -0.2) is 14.8 Å². The number of aromatic nitrogens is 2. The summed E-state index contributed by atoms with van der Waals surface area (Å²) in [7, 11) is 0. The molecule has 5 heteroatoms. The van der Waals surface area contributed by atoms with E-state index in [1.54, 1.807) is 6.92 Å². The van der Waals surface area contributed by atoms with Crippen molar-refractivity contribution in [1.29, 1.82) is 0 Å². The highest BCUT2D eigenvalue weighted by atomic mass is 79.9. The van der Waals surface area contributed by atoms with Crippen LogP contribution >= 0.6 is 15.9 Å². The van der Waals surface area contributed by atoms with Crippen LogP contribution in [0.3, 0.4) is 0 Å². The lowest BCUT2D eigenvalue weighted by atomic mass is 10.1. The van der Waals surface area contributed by atoms with Crippen molar-refractivity contribution in [3.05, 3.63) is 58.7 Å². The second-order valence-corrected chi connectivity index (χ2v) is 5.56. The molecular weight excluding hydrogens is 344 g/mol. The Hall–Kier alpha value is -2.27. The summed E-state index contributed by atoms with van der Waals surface area (Å²) in [6.45, 7) is 2.07. The lowest BCUT2D eigenvalue weighted by molar-refractivity contribution is 0.0520. The van der Waals surface area contributed by atoms with Gasteiger partial charge >= 0.3 is 5.97 Å². The summed E-state index contributed by atoms with van der Waals surface area (Å²) in [5.41, 5.74) is 2.99. The largest absolute Gasteiger partial charge is 0.461 e. The Morgan fingerprint density at radius 1 is 1.09 bits per heavy atom. The first-order valence-electron chi connectivity index (χ1n) is 6.89. The predicted octanol–water partition coefficient (Wildman–Crippen LogP) is 4.24. The second-order valence-electron chi connectivity index (χ2n) is 4.64. The van der Waals surface area contributed by atoms with Gasteiger partial charge in [-0.1, -0.05) is 46.3 Å². The first-order chi connectivity index (χ1) is 10.7. The standard InChI is InChI=1S/C17H13BrN2O2/c1-2-22-17(21)16-15(11-6-4-3-5-7-11)19-13-9-8-12(18)10-14(13)20-16/h3-10H,2H2,1H3. The molecule has 0 spiro atoms. The Labute approximate surface area is 136 Å². The van der Waals surface area contributed by atoms with Gasteiger partial charge in [0.2, 0.25) is 0 Å². The van der Waals surface area contributed by atoms with E-state index in [0.29, 0.717) is 17.8 Å². The van der Waals surface area contributed by atoms with Crippen molar-refractivity contribution in [2.45, 2.75) is 6.92 Å². The summed E-state index contributed by atoms with van der Waals surface area (Å²) in [5, 5.41) is 0. The molecule has 0 bridgehead atoms. The van der Waals surface area contributed by atoms with Gasteiger partial charge in [0.15, 0.2) is 5.69 Å². The summed E-state index contributed by atoms with van der Waals surface area (Å²) < 4.78 is 6.00. The van der Waals surface area contributed by atoms with Gasteiger partial charge in [0.25, 0.3) is 0 Å². The molecule has 0 aliphatic rings.